The van der Waals surface area contributed by atoms with Gasteiger partial charge in [-0.1, -0.05) is 24.3 Å². The van der Waals surface area contributed by atoms with Gasteiger partial charge in [-0.25, -0.2) is 9.97 Å². The number of rotatable bonds is 2. The molecule has 0 unspecified atom stereocenters. The first kappa shape index (κ1) is 13.2. The summed E-state index contributed by atoms with van der Waals surface area (Å²) in [6, 6.07) is 9.21. The van der Waals surface area contributed by atoms with E-state index < -0.39 is 0 Å². The molecule has 1 aliphatic rings. The van der Waals surface area contributed by atoms with Crippen molar-refractivity contribution in [1.29, 1.82) is 0 Å². The summed E-state index contributed by atoms with van der Waals surface area (Å²) in [7, 11) is 1.90. The topological polar surface area (TPSA) is 55.6 Å². The average molecular weight is 293 g/mol. The van der Waals surface area contributed by atoms with Crippen LogP contribution in [0, 0.1) is 0 Å². The molecule has 4 rings (SSSR count). The predicted molar refractivity (Wildman–Crippen MR) is 86.8 cm³/mol. The van der Waals surface area contributed by atoms with E-state index >= 15 is 0 Å². The minimum absolute atomic E-state index is 0.436. The zero-order valence-corrected chi connectivity index (χ0v) is 12.7. The van der Waals surface area contributed by atoms with Crippen molar-refractivity contribution in [2.45, 2.75) is 31.7 Å². The van der Waals surface area contributed by atoms with E-state index in [2.05, 4.69) is 44.6 Å². The second-order valence-electron chi connectivity index (χ2n) is 5.92. The summed E-state index contributed by atoms with van der Waals surface area (Å²) in [6.45, 7) is 0. The van der Waals surface area contributed by atoms with Gasteiger partial charge in [-0.2, -0.15) is 5.10 Å². The molecule has 1 N–H and O–H groups in total. The Hall–Kier alpha value is -2.43. The van der Waals surface area contributed by atoms with Crippen LogP contribution < -0.4 is 5.32 Å². The van der Waals surface area contributed by atoms with E-state index in [0.717, 1.165) is 42.5 Å². The standard InChI is InChI=1S/C17H19N5/c1-22-17-15(10-20-22)16(18-11-19-17)21-14-8-6-12-4-2-3-5-13(12)7-9-14/h2-5,10-11,14H,6-9H2,1H3,(H,18,19,21). The smallest absolute Gasteiger partial charge is 0.163 e. The molecule has 2 aromatic heterocycles. The Morgan fingerprint density at radius 1 is 1.09 bits per heavy atom. The third-order valence-electron chi connectivity index (χ3n) is 4.51. The van der Waals surface area contributed by atoms with Crippen LogP contribution in [0.25, 0.3) is 11.0 Å². The maximum Gasteiger partial charge on any atom is 0.163 e. The fourth-order valence-electron chi connectivity index (χ4n) is 3.26. The van der Waals surface area contributed by atoms with E-state index in [1.54, 1.807) is 11.0 Å². The molecule has 1 aliphatic carbocycles. The maximum atomic E-state index is 4.42. The number of benzene rings is 1. The lowest BCUT2D eigenvalue weighted by Gasteiger charge is -2.17. The van der Waals surface area contributed by atoms with E-state index in [0.29, 0.717) is 6.04 Å². The molecule has 5 heteroatoms. The van der Waals surface area contributed by atoms with E-state index in [4.69, 9.17) is 0 Å². The summed E-state index contributed by atoms with van der Waals surface area (Å²) < 4.78 is 1.78. The van der Waals surface area contributed by atoms with Crippen LogP contribution in [-0.4, -0.2) is 25.8 Å². The summed E-state index contributed by atoms with van der Waals surface area (Å²) in [4.78, 5) is 8.71. The fraction of sp³-hybridized carbons (Fsp3) is 0.353. The Morgan fingerprint density at radius 2 is 1.82 bits per heavy atom. The average Bonchev–Trinajstić information content (AvgIpc) is 2.81. The maximum absolute atomic E-state index is 4.42. The number of hydrogen-bond acceptors (Lipinski definition) is 4. The molecule has 5 nitrogen and oxygen atoms in total. The minimum atomic E-state index is 0.436. The lowest BCUT2D eigenvalue weighted by molar-refractivity contribution is 0.625. The zero-order valence-electron chi connectivity index (χ0n) is 12.7. The van der Waals surface area contributed by atoms with Crippen LogP contribution in [0.5, 0.6) is 0 Å². The second-order valence-corrected chi connectivity index (χ2v) is 5.92. The molecule has 0 amide bonds. The van der Waals surface area contributed by atoms with Gasteiger partial charge in [-0.15, -0.1) is 0 Å². The molecular weight excluding hydrogens is 274 g/mol. The Balaban J connectivity index is 1.56. The number of aromatic nitrogens is 4. The van der Waals surface area contributed by atoms with Gasteiger partial charge in [0.15, 0.2) is 5.65 Å². The molecule has 3 aromatic rings. The van der Waals surface area contributed by atoms with Crippen LogP contribution in [0.2, 0.25) is 0 Å². The van der Waals surface area contributed by atoms with Gasteiger partial charge in [0, 0.05) is 13.1 Å². The molecule has 0 aliphatic heterocycles. The highest BCUT2D eigenvalue weighted by Gasteiger charge is 2.17. The molecule has 0 spiro atoms. The molecule has 0 fully saturated rings. The fourth-order valence-corrected chi connectivity index (χ4v) is 3.26. The molecule has 2 heterocycles. The van der Waals surface area contributed by atoms with E-state index in [1.807, 2.05) is 13.2 Å². The summed E-state index contributed by atoms with van der Waals surface area (Å²) >= 11 is 0. The number of nitrogens with zero attached hydrogens (tertiary/aromatic N) is 4. The number of aryl methyl sites for hydroxylation is 3. The molecule has 0 radical (unpaired) electrons. The molecule has 1 aromatic carbocycles. The van der Waals surface area contributed by atoms with Crippen LogP contribution in [-0.2, 0) is 19.9 Å². The third-order valence-corrected chi connectivity index (χ3v) is 4.51. The lowest BCUT2D eigenvalue weighted by Crippen LogP contribution is -2.20. The van der Waals surface area contributed by atoms with Crippen LogP contribution in [0.4, 0.5) is 5.82 Å². The summed E-state index contributed by atoms with van der Waals surface area (Å²) in [5, 5.41) is 8.87. The summed E-state index contributed by atoms with van der Waals surface area (Å²) in [5.41, 5.74) is 3.84. The Morgan fingerprint density at radius 3 is 2.55 bits per heavy atom. The van der Waals surface area contributed by atoms with Crippen molar-refractivity contribution in [3.05, 3.63) is 47.9 Å². The van der Waals surface area contributed by atoms with E-state index in [1.165, 1.54) is 11.1 Å². The van der Waals surface area contributed by atoms with Crippen LogP contribution in [0.1, 0.15) is 24.0 Å². The van der Waals surface area contributed by atoms with Crippen molar-refractivity contribution in [2.75, 3.05) is 5.32 Å². The molecule has 22 heavy (non-hydrogen) atoms. The first-order valence-corrected chi connectivity index (χ1v) is 7.77. The number of nitrogens with one attached hydrogen (secondary N) is 1. The monoisotopic (exact) mass is 293 g/mol. The summed E-state index contributed by atoms with van der Waals surface area (Å²) in [5.74, 6) is 0.897. The minimum Gasteiger partial charge on any atom is -0.367 e. The van der Waals surface area contributed by atoms with Crippen molar-refractivity contribution in [2.24, 2.45) is 7.05 Å². The van der Waals surface area contributed by atoms with E-state index in [-0.39, 0.29) is 0 Å². The number of anilines is 1. The highest BCUT2D eigenvalue weighted by molar-refractivity contribution is 5.86. The van der Waals surface area contributed by atoms with E-state index in [9.17, 15) is 0 Å². The molecule has 0 saturated heterocycles. The predicted octanol–water partition coefficient (Wildman–Crippen LogP) is 2.72. The zero-order chi connectivity index (χ0) is 14.9. The lowest BCUT2D eigenvalue weighted by atomic mass is 10.0. The van der Waals surface area contributed by atoms with Crippen molar-refractivity contribution in [3.8, 4) is 0 Å². The van der Waals surface area contributed by atoms with Gasteiger partial charge >= 0.3 is 0 Å². The highest BCUT2D eigenvalue weighted by Crippen LogP contribution is 2.25. The second kappa shape index (κ2) is 5.40. The Labute approximate surface area is 129 Å². The van der Waals surface area contributed by atoms with Gasteiger partial charge in [0.25, 0.3) is 0 Å². The van der Waals surface area contributed by atoms with Crippen molar-refractivity contribution < 1.29 is 0 Å². The van der Waals surface area contributed by atoms with Gasteiger partial charge in [0.1, 0.15) is 12.1 Å². The molecular formula is C17H19N5. The van der Waals surface area contributed by atoms with Crippen LogP contribution >= 0.6 is 0 Å². The van der Waals surface area contributed by atoms with Crippen molar-refractivity contribution in [3.63, 3.8) is 0 Å². The molecule has 0 bridgehead atoms. The van der Waals surface area contributed by atoms with Crippen LogP contribution in [0.15, 0.2) is 36.8 Å². The molecule has 112 valence electrons. The van der Waals surface area contributed by atoms with Gasteiger partial charge in [-0.05, 0) is 36.8 Å². The normalized spacial score (nSPS) is 15.5. The number of hydrogen-bond donors (Lipinski definition) is 1. The Kier molecular flexibility index (Phi) is 3.25. The molecule has 0 atom stereocenters. The first-order chi connectivity index (χ1) is 10.8. The van der Waals surface area contributed by atoms with Gasteiger partial charge in [0.05, 0.1) is 11.6 Å². The quantitative estimate of drug-likeness (QED) is 0.738. The third kappa shape index (κ3) is 2.32. The largest absolute Gasteiger partial charge is 0.367 e. The Bertz CT molecular complexity index is 781. The molecule has 0 saturated carbocycles. The number of fused-ring (bicyclic) bond motifs is 2. The highest BCUT2D eigenvalue weighted by atomic mass is 15.3. The SMILES string of the molecule is Cn1ncc2c(NC3CCc4ccccc4CC3)ncnc21. The summed E-state index contributed by atoms with van der Waals surface area (Å²) in [6.07, 6.45) is 7.94. The van der Waals surface area contributed by atoms with Crippen molar-refractivity contribution >= 4 is 16.9 Å². The van der Waals surface area contributed by atoms with Crippen molar-refractivity contribution in [1.82, 2.24) is 19.7 Å². The van der Waals surface area contributed by atoms with Gasteiger partial charge in [0.2, 0.25) is 0 Å². The van der Waals surface area contributed by atoms with Gasteiger partial charge < -0.3 is 5.32 Å². The van der Waals surface area contributed by atoms with Crippen LogP contribution in [0.3, 0.4) is 0 Å². The first-order valence-electron chi connectivity index (χ1n) is 7.77. The van der Waals surface area contributed by atoms with Gasteiger partial charge in [-0.3, -0.25) is 4.68 Å².